The maximum atomic E-state index is 14.3. The number of alkyl halides is 6. The van der Waals surface area contributed by atoms with Crippen LogP contribution in [0, 0.1) is 0 Å². The number of hydrogen-bond acceptors (Lipinski definition) is 8. The van der Waals surface area contributed by atoms with E-state index in [4.69, 9.17) is 4.74 Å². The van der Waals surface area contributed by atoms with Gasteiger partial charge in [-0.1, -0.05) is 30.3 Å². The lowest BCUT2D eigenvalue weighted by atomic mass is 9.72. The quantitative estimate of drug-likeness (QED) is 0.187. The van der Waals surface area contributed by atoms with Gasteiger partial charge in [0.15, 0.2) is 23.3 Å². The van der Waals surface area contributed by atoms with Gasteiger partial charge in [0.2, 0.25) is 0 Å². The lowest BCUT2D eigenvalue weighted by molar-refractivity contribution is -0.196. The van der Waals surface area contributed by atoms with Crippen molar-refractivity contribution >= 4 is 23.3 Å². The first-order valence-corrected chi connectivity index (χ1v) is 13.1. The van der Waals surface area contributed by atoms with Gasteiger partial charge in [-0.25, -0.2) is 9.78 Å². The number of hydrogen-bond donors (Lipinski definition) is 0. The van der Waals surface area contributed by atoms with Crippen LogP contribution in [0.3, 0.4) is 0 Å². The number of rotatable bonds is 6. The van der Waals surface area contributed by atoms with Crippen LogP contribution in [0.25, 0.3) is 10.7 Å². The van der Waals surface area contributed by atoms with Crippen LogP contribution in [0.5, 0.6) is 0 Å². The average Bonchev–Trinajstić information content (AvgIpc) is 3.45. The van der Waals surface area contributed by atoms with Gasteiger partial charge in [0.1, 0.15) is 5.69 Å². The molecule has 0 bridgehead atoms. The van der Waals surface area contributed by atoms with E-state index in [9.17, 15) is 31.1 Å². The van der Waals surface area contributed by atoms with Gasteiger partial charge in [0.25, 0.3) is 0 Å². The Kier molecular flexibility index (Phi) is 7.68. The summed E-state index contributed by atoms with van der Waals surface area (Å²) in [6, 6.07) is 14.9. The molecule has 0 radical (unpaired) electrons. The van der Waals surface area contributed by atoms with Crippen LogP contribution >= 0.6 is 11.5 Å². The number of anilines is 1. The van der Waals surface area contributed by atoms with Crippen molar-refractivity contribution in [2.24, 2.45) is 0 Å². The second-order valence-corrected chi connectivity index (χ2v) is 10.1. The first-order chi connectivity index (χ1) is 19.5. The number of nitrogens with zero attached hydrogens (tertiary/aromatic N) is 5. The Morgan fingerprint density at radius 2 is 1.59 bits per heavy atom. The van der Waals surface area contributed by atoms with Crippen LogP contribution in [-0.4, -0.2) is 44.8 Å². The normalized spacial score (nSPS) is 15.5. The molecule has 5 rings (SSSR count). The summed E-state index contributed by atoms with van der Waals surface area (Å²) in [5.41, 5.74) is -2.68. The van der Waals surface area contributed by atoms with E-state index in [1.807, 2.05) is 0 Å². The molecular weight excluding hydrogens is 572 g/mol. The third-order valence-electron chi connectivity index (χ3n) is 6.93. The van der Waals surface area contributed by atoms with Gasteiger partial charge in [-0.05, 0) is 66.3 Å². The molecule has 3 heterocycles. The zero-order valence-corrected chi connectivity index (χ0v) is 21.9. The molecule has 7 nitrogen and oxygen atoms in total. The second-order valence-electron chi connectivity index (χ2n) is 9.38. The Balaban J connectivity index is 1.23. The smallest absolute Gasteiger partial charge is 0.416 e. The van der Waals surface area contributed by atoms with Crippen LogP contribution < -0.4 is 4.90 Å². The molecule has 0 N–H and O–H groups in total. The fourth-order valence-corrected chi connectivity index (χ4v) is 5.28. The van der Waals surface area contributed by atoms with Crippen LogP contribution in [-0.2, 0) is 22.9 Å². The van der Waals surface area contributed by atoms with Gasteiger partial charge in [-0.3, -0.25) is 0 Å². The molecule has 2 aromatic heterocycles. The Bertz CT molecular complexity index is 1480. The van der Waals surface area contributed by atoms with Gasteiger partial charge in [-0.15, -0.1) is 10.2 Å². The monoisotopic (exact) mass is 593 g/mol. The predicted molar refractivity (Wildman–Crippen MR) is 137 cm³/mol. The van der Waals surface area contributed by atoms with E-state index in [0.29, 0.717) is 34.2 Å². The Morgan fingerprint density at radius 3 is 2.17 bits per heavy atom. The van der Waals surface area contributed by atoms with Gasteiger partial charge in [-0.2, -0.15) is 30.7 Å². The highest BCUT2D eigenvalue weighted by molar-refractivity contribution is 7.09. The fraction of sp³-hybridized carbons (Fsp3) is 0.296. The minimum atomic E-state index is -4.65. The lowest BCUT2D eigenvalue weighted by Gasteiger charge is -2.43. The molecule has 0 spiro atoms. The van der Waals surface area contributed by atoms with Crippen molar-refractivity contribution in [3.8, 4) is 10.7 Å². The maximum Gasteiger partial charge on any atom is 0.416 e. The number of carbonyl (C=O) groups excluding carboxylic acids is 1. The molecule has 0 unspecified atom stereocenters. The molecule has 1 saturated heterocycles. The van der Waals surface area contributed by atoms with Gasteiger partial charge in [0, 0.05) is 13.1 Å². The van der Waals surface area contributed by atoms with Gasteiger partial charge in [0.05, 0.1) is 16.5 Å². The molecule has 1 aliphatic rings. The summed E-state index contributed by atoms with van der Waals surface area (Å²) in [5.74, 6) is 0.127. The number of esters is 1. The molecule has 0 atom stereocenters. The molecule has 214 valence electrons. The number of ether oxygens (including phenoxy) is 1. The van der Waals surface area contributed by atoms with Crippen molar-refractivity contribution in [1.82, 2.24) is 19.6 Å². The SMILES string of the molecule is O=C(OCc1nsc(-c2ccc(N3CCC(c4ccc(C(F)(F)F)cc4)(C(F)(F)F)CC3)nn2)n1)c1ccccc1. The molecule has 41 heavy (non-hydrogen) atoms. The summed E-state index contributed by atoms with van der Waals surface area (Å²) in [6.45, 7) is -0.183. The zero-order valence-electron chi connectivity index (χ0n) is 21.1. The topological polar surface area (TPSA) is 81.1 Å². The van der Waals surface area contributed by atoms with Crippen molar-refractivity contribution in [2.45, 2.75) is 37.2 Å². The summed E-state index contributed by atoms with van der Waals surface area (Å²) < 4.78 is 91.0. The summed E-state index contributed by atoms with van der Waals surface area (Å²) >= 11 is 1.03. The number of piperidine rings is 1. The van der Waals surface area contributed by atoms with Crippen molar-refractivity contribution < 1.29 is 35.9 Å². The molecule has 0 saturated carbocycles. The van der Waals surface area contributed by atoms with Crippen molar-refractivity contribution in [1.29, 1.82) is 0 Å². The highest BCUT2D eigenvalue weighted by Crippen LogP contribution is 2.49. The summed E-state index contributed by atoms with van der Waals surface area (Å²) in [4.78, 5) is 18.1. The van der Waals surface area contributed by atoms with Gasteiger partial charge < -0.3 is 9.64 Å². The van der Waals surface area contributed by atoms with E-state index in [0.717, 1.165) is 23.7 Å². The second kappa shape index (κ2) is 11.1. The summed E-state index contributed by atoms with van der Waals surface area (Å²) in [6.07, 6.45) is -10.00. The maximum absolute atomic E-state index is 14.3. The van der Waals surface area contributed by atoms with E-state index < -0.39 is 29.3 Å². The summed E-state index contributed by atoms with van der Waals surface area (Å²) in [7, 11) is 0. The molecular formula is C27H21F6N5O2S. The van der Waals surface area contributed by atoms with E-state index in [-0.39, 0.29) is 43.9 Å². The zero-order chi connectivity index (χ0) is 29.3. The average molecular weight is 594 g/mol. The van der Waals surface area contributed by atoms with Crippen LogP contribution in [0.4, 0.5) is 32.2 Å². The first kappa shape index (κ1) is 28.5. The molecule has 14 heteroatoms. The number of carbonyl (C=O) groups is 1. The van der Waals surface area contributed by atoms with Crippen LogP contribution in [0.2, 0.25) is 0 Å². The highest BCUT2D eigenvalue weighted by atomic mass is 32.1. The van der Waals surface area contributed by atoms with E-state index in [1.165, 1.54) is 0 Å². The molecule has 4 aromatic rings. The van der Waals surface area contributed by atoms with Gasteiger partial charge >= 0.3 is 18.3 Å². The third kappa shape index (κ3) is 6.01. The number of benzene rings is 2. The van der Waals surface area contributed by atoms with Crippen LogP contribution in [0.15, 0.2) is 66.7 Å². The van der Waals surface area contributed by atoms with Crippen LogP contribution in [0.1, 0.15) is 40.2 Å². The van der Waals surface area contributed by atoms with Crippen molar-refractivity contribution in [3.05, 3.63) is 89.2 Å². The van der Waals surface area contributed by atoms with E-state index in [1.54, 1.807) is 47.4 Å². The molecule has 1 aliphatic heterocycles. The molecule has 1 fully saturated rings. The predicted octanol–water partition coefficient (Wildman–Crippen LogP) is 6.47. The minimum Gasteiger partial charge on any atom is -0.454 e. The third-order valence-corrected chi connectivity index (χ3v) is 7.70. The highest BCUT2D eigenvalue weighted by Gasteiger charge is 2.56. The van der Waals surface area contributed by atoms with E-state index in [2.05, 4.69) is 19.6 Å². The first-order valence-electron chi connectivity index (χ1n) is 12.3. The number of halogens is 6. The standard InChI is InChI=1S/C27H21F6N5O2S/c28-26(29,30)19-8-6-18(7-9-19)25(27(31,32)33)12-14-38(15-13-25)22-11-10-20(35-36-22)23-34-21(37-41-23)16-40-24(39)17-4-2-1-3-5-17/h1-11H,12-16H2. The Morgan fingerprint density at radius 1 is 0.902 bits per heavy atom. The van der Waals surface area contributed by atoms with E-state index >= 15 is 0 Å². The molecule has 2 aromatic carbocycles. The minimum absolute atomic E-state index is 0.0235. The Labute approximate surface area is 234 Å². The fourth-order valence-electron chi connectivity index (χ4n) is 4.64. The van der Waals surface area contributed by atoms with Crippen molar-refractivity contribution in [3.63, 3.8) is 0 Å². The summed E-state index contributed by atoms with van der Waals surface area (Å²) in [5, 5.41) is 8.71. The Hall–Kier alpha value is -4.07. The largest absolute Gasteiger partial charge is 0.454 e. The lowest BCUT2D eigenvalue weighted by Crippen LogP contribution is -2.51. The number of aromatic nitrogens is 4. The van der Waals surface area contributed by atoms with Crippen molar-refractivity contribution in [2.75, 3.05) is 18.0 Å². The molecule has 0 amide bonds. The molecule has 0 aliphatic carbocycles.